The van der Waals surface area contributed by atoms with Crippen molar-refractivity contribution in [1.29, 1.82) is 0 Å². The molecule has 1 rings (SSSR count). The molecular weight excluding hydrogens is 194 g/mol. The van der Waals surface area contributed by atoms with E-state index in [4.69, 9.17) is 5.73 Å². The fourth-order valence-corrected chi connectivity index (χ4v) is 1.79. The lowest BCUT2D eigenvalue weighted by atomic mass is 10.1. The summed E-state index contributed by atoms with van der Waals surface area (Å²) in [5, 5.41) is 2.75. The highest BCUT2D eigenvalue weighted by molar-refractivity contribution is 5.87. The van der Waals surface area contributed by atoms with Crippen LogP contribution in [-0.2, 0) is 9.59 Å². The maximum atomic E-state index is 11.8. The molecule has 1 aliphatic heterocycles. The van der Waals surface area contributed by atoms with E-state index in [0.717, 1.165) is 25.9 Å². The monoisotopic (exact) mass is 213 g/mol. The van der Waals surface area contributed by atoms with Gasteiger partial charge >= 0.3 is 0 Å². The van der Waals surface area contributed by atoms with E-state index in [1.807, 2.05) is 4.90 Å². The molecule has 0 aromatic heterocycles. The van der Waals surface area contributed by atoms with E-state index in [2.05, 4.69) is 5.32 Å². The zero-order valence-corrected chi connectivity index (χ0v) is 9.16. The molecule has 0 aliphatic carbocycles. The first-order chi connectivity index (χ1) is 7.15. The number of primary amides is 1. The minimum Gasteiger partial charge on any atom is -0.368 e. The number of likely N-dealkylation sites (tertiary alicyclic amines) is 1. The summed E-state index contributed by atoms with van der Waals surface area (Å²) < 4.78 is 0. The molecule has 1 aliphatic rings. The molecule has 5 heteroatoms. The SMILES string of the molecule is CNC(CC(=O)N1CCCCC1)C(N)=O. The van der Waals surface area contributed by atoms with Crippen molar-refractivity contribution in [2.24, 2.45) is 5.73 Å². The van der Waals surface area contributed by atoms with Crippen molar-refractivity contribution < 1.29 is 9.59 Å². The van der Waals surface area contributed by atoms with Gasteiger partial charge in [0.2, 0.25) is 11.8 Å². The molecule has 5 nitrogen and oxygen atoms in total. The van der Waals surface area contributed by atoms with Gasteiger partial charge in [-0.2, -0.15) is 0 Å². The number of hydrogen-bond donors (Lipinski definition) is 2. The van der Waals surface area contributed by atoms with E-state index in [-0.39, 0.29) is 12.3 Å². The second-order valence-electron chi connectivity index (χ2n) is 3.89. The quantitative estimate of drug-likeness (QED) is 0.658. The lowest BCUT2D eigenvalue weighted by Gasteiger charge is -2.27. The van der Waals surface area contributed by atoms with Crippen LogP contribution in [0.3, 0.4) is 0 Å². The summed E-state index contributed by atoms with van der Waals surface area (Å²) in [7, 11) is 1.64. The lowest BCUT2D eigenvalue weighted by molar-refractivity contribution is -0.134. The number of amides is 2. The molecule has 1 heterocycles. The Bertz CT molecular complexity index is 237. The lowest BCUT2D eigenvalue weighted by Crippen LogP contribution is -2.45. The largest absolute Gasteiger partial charge is 0.368 e. The number of carbonyl (C=O) groups excluding carboxylic acids is 2. The Balaban J connectivity index is 2.42. The van der Waals surface area contributed by atoms with E-state index >= 15 is 0 Å². The topological polar surface area (TPSA) is 75.4 Å². The molecule has 2 amide bonds. The predicted molar refractivity (Wildman–Crippen MR) is 57.1 cm³/mol. The molecule has 1 saturated heterocycles. The van der Waals surface area contributed by atoms with Crippen molar-refractivity contribution >= 4 is 11.8 Å². The second kappa shape index (κ2) is 5.70. The average Bonchev–Trinajstić information content (AvgIpc) is 2.26. The Hall–Kier alpha value is -1.10. The van der Waals surface area contributed by atoms with Crippen LogP contribution in [-0.4, -0.2) is 42.9 Å². The molecule has 1 unspecified atom stereocenters. The van der Waals surface area contributed by atoms with Crippen molar-refractivity contribution in [2.75, 3.05) is 20.1 Å². The summed E-state index contributed by atoms with van der Waals surface area (Å²) in [6.45, 7) is 1.63. The van der Waals surface area contributed by atoms with E-state index in [9.17, 15) is 9.59 Å². The Kier molecular flexibility index (Phi) is 4.55. The van der Waals surface area contributed by atoms with Crippen molar-refractivity contribution in [2.45, 2.75) is 31.7 Å². The van der Waals surface area contributed by atoms with Gasteiger partial charge in [-0.15, -0.1) is 0 Å². The summed E-state index contributed by atoms with van der Waals surface area (Å²) in [4.78, 5) is 24.5. The van der Waals surface area contributed by atoms with Crippen molar-refractivity contribution in [3.63, 3.8) is 0 Å². The summed E-state index contributed by atoms with van der Waals surface area (Å²) >= 11 is 0. The first-order valence-electron chi connectivity index (χ1n) is 5.39. The number of carbonyl (C=O) groups is 2. The number of likely N-dealkylation sites (N-methyl/N-ethyl adjacent to an activating group) is 1. The fraction of sp³-hybridized carbons (Fsp3) is 0.800. The first kappa shape index (κ1) is 12.0. The Morgan fingerprint density at radius 2 is 1.93 bits per heavy atom. The van der Waals surface area contributed by atoms with Crippen LogP contribution in [0, 0.1) is 0 Å². The third-order valence-electron chi connectivity index (χ3n) is 2.78. The van der Waals surface area contributed by atoms with Gasteiger partial charge in [-0.05, 0) is 26.3 Å². The summed E-state index contributed by atoms with van der Waals surface area (Å²) in [5.41, 5.74) is 5.15. The first-order valence-corrected chi connectivity index (χ1v) is 5.39. The number of piperidine rings is 1. The highest BCUT2D eigenvalue weighted by Crippen LogP contribution is 2.10. The van der Waals surface area contributed by atoms with Gasteiger partial charge in [0.25, 0.3) is 0 Å². The van der Waals surface area contributed by atoms with Crippen LogP contribution in [0.15, 0.2) is 0 Å². The number of nitrogens with zero attached hydrogens (tertiary/aromatic N) is 1. The Labute approximate surface area is 90.0 Å². The molecule has 0 aromatic carbocycles. The van der Waals surface area contributed by atoms with Gasteiger partial charge in [0.15, 0.2) is 0 Å². The Morgan fingerprint density at radius 1 is 1.33 bits per heavy atom. The molecule has 0 aromatic rings. The van der Waals surface area contributed by atoms with Crippen LogP contribution >= 0.6 is 0 Å². The number of hydrogen-bond acceptors (Lipinski definition) is 3. The summed E-state index contributed by atoms with van der Waals surface area (Å²) in [5.74, 6) is -0.448. The average molecular weight is 213 g/mol. The normalized spacial score (nSPS) is 18.6. The van der Waals surface area contributed by atoms with E-state index in [0.29, 0.717) is 0 Å². The summed E-state index contributed by atoms with van der Waals surface area (Å²) in [6.07, 6.45) is 3.49. The van der Waals surface area contributed by atoms with E-state index < -0.39 is 11.9 Å². The number of nitrogens with one attached hydrogen (secondary N) is 1. The second-order valence-corrected chi connectivity index (χ2v) is 3.89. The third-order valence-corrected chi connectivity index (χ3v) is 2.78. The van der Waals surface area contributed by atoms with Crippen LogP contribution in [0.1, 0.15) is 25.7 Å². The van der Waals surface area contributed by atoms with Gasteiger partial charge < -0.3 is 16.0 Å². The highest BCUT2D eigenvalue weighted by atomic mass is 16.2. The molecule has 1 fully saturated rings. The van der Waals surface area contributed by atoms with Crippen LogP contribution < -0.4 is 11.1 Å². The molecule has 0 bridgehead atoms. The number of nitrogens with two attached hydrogens (primary N) is 1. The van der Waals surface area contributed by atoms with Crippen LogP contribution in [0.4, 0.5) is 0 Å². The highest BCUT2D eigenvalue weighted by Gasteiger charge is 2.22. The standard InChI is InChI=1S/C10H19N3O2/c1-12-8(10(11)15)7-9(14)13-5-3-2-4-6-13/h8,12H,2-7H2,1H3,(H2,11,15). The van der Waals surface area contributed by atoms with Crippen molar-refractivity contribution in [3.8, 4) is 0 Å². The van der Waals surface area contributed by atoms with E-state index in [1.165, 1.54) is 6.42 Å². The molecule has 86 valence electrons. The zero-order valence-electron chi connectivity index (χ0n) is 9.16. The number of rotatable bonds is 4. The minimum atomic E-state index is -0.542. The van der Waals surface area contributed by atoms with E-state index in [1.54, 1.807) is 7.05 Å². The smallest absolute Gasteiger partial charge is 0.235 e. The van der Waals surface area contributed by atoms with Gasteiger partial charge in [0.1, 0.15) is 0 Å². The zero-order chi connectivity index (χ0) is 11.3. The maximum absolute atomic E-state index is 11.8. The van der Waals surface area contributed by atoms with Gasteiger partial charge in [-0.3, -0.25) is 9.59 Å². The summed E-state index contributed by atoms with van der Waals surface area (Å²) in [6, 6.07) is -0.542. The third kappa shape index (κ3) is 3.51. The molecular formula is C10H19N3O2. The molecule has 3 N–H and O–H groups in total. The molecule has 0 radical (unpaired) electrons. The predicted octanol–water partition coefficient (Wildman–Crippen LogP) is -0.538. The molecule has 15 heavy (non-hydrogen) atoms. The van der Waals surface area contributed by atoms with Crippen molar-refractivity contribution in [1.82, 2.24) is 10.2 Å². The fourth-order valence-electron chi connectivity index (χ4n) is 1.79. The molecule has 0 saturated carbocycles. The van der Waals surface area contributed by atoms with Crippen LogP contribution in [0.25, 0.3) is 0 Å². The maximum Gasteiger partial charge on any atom is 0.235 e. The van der Waals surface area contributed by atoms with Crippen molar-refractivity contribution in [3.05, 3.63) is 0 Å². The Morgan fingerprint density at radius 3 is 2.40 bits per heavy atom. The van der Waals surface area contributed by atoms with Gasteiger partial charge in [0.05, 0.1) is 12.5 Å². The molecule has 0 spiro atoms. The molecule has 1 atom stereocenters. The van der Waals surface area contributed by atoms with Crippen LogP contribution in [0.2, 0.25) is 0 Å². The van der Waals surface area contributed by atoms with Gasteiger partial charge in [0, 0.05) is 13.1 Å². The van der Waals surface area contributed by atoms with Gasteiger partial charge in [-0.25, -0.2) is 0 Å². The minimum absolute atomic E-state index is 0.0212. The van der Waals surface area contributed by atoms with Gasteiger partial charge in [-0.1, -0.05) is 0 Å². The van der Waals surface area contributed by atoms with Crippen LogP contribution in [0.5, 0.6) is 0 Å².